The standard InChI is InChI=1S/C9H13IN2O/c1-7-9(10)11-6-12(7)8-4-2-3-5-13-8/h6,8H,2-5H2,1H3. The maximum atomic E-state index is 5.68. The van der Waals surface area contributed by atoms with Crippen molar-refractivity contribution in [3.05, 3.63) is 15.7 Å². The number of halogens is 1. The van der Waals surface area contributed by atoms with Gasteiger partial charge in [-0.05, 0) is 48.8 Å². The van der Waals surface area contributed by atoms with Crippen LogP contribution in [0.15, 0.2) is 6.33 Å². The molecule has 1 aromatic rings. The lowest BCUT2D eigenvalue weighted by Crippen LogP contribution is -2.18. The minimum Gasteiger partial charge on any atom is -0.358 e. The number of ether oxygens (including phenoxy) is 1. The van der Waals surface area contributed by atoms with Gasteiger partial charge in [0.2, 0.25) is 0 Å². The molecular weight excluding hydrogens is 279 g/mol. The van der Waals surface area contributed by atoms with Crippen LogP contribution in [0.4, 0.5) is 0 Å². The SMILES string of the molecule is Cc1c(I)ncn1C1CCCCO1. The highest BCUT2D eigenvalue weighted by Gasteiger charge is 2.17. The monoisotopic (exact) mass is 292 g/mol. The van der Waals surface area contributed by atoms with Crippen LogP contribution in [0.25, 0.3) is 0 Å². The van der Waals surface area contributed by atoms with Gasteiger partial charge in [0.05, 0.1) is 12.0 Å². The fraction of sp³-hybridized carbons (Fsp3) is 0.667. The van der Waals surface area contributed by atoms with Crippen molar-refractivity contribution < 1.29 is 4.74 Å². The Morgan fingerprint density at radius 1 is 1.62 bits per heavy atom. The molecular formula is C9H13IN2O. The summed E-state index contributed by atoms with van der Waals surface area (Å²) in [5.74, 6) is 0. The number of aromatic nitrogens is 2. The number of nitrogens with zero attached hydrogens (tertiary/aromatic N) is 2. The molecule has 0 radical (unpaired) electrons. The lowest BCUT2D eigenvalue weighted by atomic mass is 10.2. The Morgan fingerprint density at radius 2 is 2.46 bits per heavy atom. The lowest BCUT2D eigenvalue weighted by Gasteiger charge is -2.24. The minimum atomic E-state index is 0.227. The van der Waals surface area contributed by atoms with Crippen molar-refractivity contribution in [3.8, 4) is 0 Å². The first-order valence-corrected chi connectivity index (χ1v) is 5.67. The summed E-state index contributed by atoms with van der Waals surface area (Å²) in [6.45, 7) is 2.98. The molecule has 0 spiro atoms. The van der Waals surface area contributed by atoms with E-state index in [9.17, 15) is 0 Å². The van der Waals surface area contributed by atoms with Gasteiger partial charge in [0.25, 0.3) is 0 Å². The Labute approximate surface area is 91.6 Å². The molecule has 2 rings (SSSR count). The van der Waals surface area contributed by atoms with Crippen LogP contribution >= 0.6 is 22.6 Å². The van der Waals surface area contributed by atoms with E-state index in [-0.39, 0.29) is 6.23 Å². The number of hydrogen-bond donors (Lipinski definition) is 0. The lowest BCUT2D eigenvalue weighted by molar-refractivity contribution is -0.0331. The maximum absolute atomic E-state index is 5.68. The van der Waals surface area contributed by atoms with Crippen molar-refractivity contribution in [1.29, 1.82) is 0 Å². The maximum Gasteiger partial charge on any atom is 0.135 e. The van der Waals surface area contributed by atoms with E-state index in [1.54, 1.807) is 0 Å². The first kappa shape index (κ1) is 9.45. The molecule has 0 amide bonds. The van der Waals surface area contributed by atoms with E-state index >= 15 is 0 Å². The minimum absolute atomic E-state index is 0.227. The van der Waals surface area contributed by atoms with Gasteiger partial charge in [-0.15, -0.1) is 0 Å². The molecule has 13 heavy (non-hydrogen) atoms. The molecule has 1 fully saturated rings. The highest BCUT2D eigenvalue weighted by molar-refractivity contribution is 14.1. The Kier molecular flexibility index (Phi) is 2.88. The smallest absolute Gasteiger partial charge is 0.135 e. The molecule has 1 saturated heterocycles. The van der Waals surface area contributed by atoms with Crippen LogP contribution in [0.3, 0.4) is 0 Å². The average molecular weight is 292 g/mol. The van der Waals surface area contributed by atoms with Gasteiger partial charge in [-0.2, -0.15) is 0 Å². The van der Waals surface area contributed by atoms with Crippen molar-refractivity contribution >= 4 is 22.6 Å². The number of hydrogen-bond acceptors (Lipinski definition) is 2. The normalized spacial score (nSPS) is 23.4. The van der Waals surface area contributed by atoms with Gasteiger partial charge in [0.15, 0.2) is 0 Å². The fourth-order valence-corrected chi connectivity index (χ4v) is 2.04. The summed E-state index contributed by atoms with van der Waals surface area (Å²) in [7, 11) is 0. The Morgan fingerprint density at radius 3 is 3.00 bits per heavy atom. The van der Waals surface area contributed by atoms with Crippen LogP contribution in [0.2, 0.25) is 0 Å². The molecule has 0 N–H and O–H groups in total. The van der Waals surface area contributed by atoms with Gasteiger partial charge in [0.1, 0.15) is 9.93 Å². The molecule has 1 atom stereocenters. The summed E-state index contributed by atoms with van der Waals surface area (Å²) in [5, 5.41) is 0. The first-order chi connectivity index (χ1) is 6.29. The summed E-state index contributed by atoms with van der Waals surface area (Å²) in [4.78, 5) is 4.26. The van der Waals surface area contributed by atoms with Crippen LogP contribution in [0.5, 0.6) is 0 Å². The van der Waals surface area contributed by atoms with Gasteiger partial charge in [-0.3, -0.25) is 0 Å². The zero-order chi connectivity index (χ0) is 9.26. The summed E-state index contributed by atoms with van der Waals surface area (Å²) in [5.41, 5.74) is 1.22. The van der Waals surface area contributed by atoms with Crippen LogP contribution in [0, 0.1) is 10.6 Å². The zero-order valence-electron chi connectivity index (χ0n) is 7.66. The highest BCUT2D eigenvalue weighted by Crippen LogP contribution is 2.24. The van der Waals surface area contributed by atoms with Crippen molar-refractivity contribution in [2.45, 2.75) is 32.4 Å². The number of rotatable bonds is 1. The molecule has 0 bridgehead atoms. The van der Waals surface area contributed by atoms with Crippen LogP contribution in [-0.4, -0.2) is 16.2 Å². The molecule has 1 aliphatic heterocycles. The van der Waals surface area contributed by atoms with Gasteiger partial charge in [0, 0.05) is 6.61 Å². The largest absolute Gasteiger partial charge is 0.358 e. The van der Waals surface area contributed by atoms with E-state index in [0.29, 0.717) is 0 Å². The molecule has 0 saturated carbocycles. The van der Waals surface area contributed by atoms with Crippen LogP contribution in [0.1, 0.15) is 31.2 Å². The average Bonchev–Trinajstić information content (AvgIpc) is 2.49. The van der Waals surface area contributed by atoms with Gasteiger partial charge < -0.3 is 9.30 Å². The highest BCUT2D eigenvalue weighted by atomic mass is 127. The van der Waals surface area contributed by atoms with Crippen molar-refractivity contribution in [2.75, 3.05) is 6.61 Å². The Bertz CT molecular complexity index is 292. The third-order valence-corrected chi connectivity index (χ3v) is 3.51. The van der Waals surface area contributed by atoms with Crippen molar-refractivity contribution in [3.63, 3.8) is 0 Å². The summed E-state index contributed by atoms with van der Waals surface area (Å²) in [6.07, 6.45) is 5.69. The zero-order valence-corrected chi connectivity index (χ0v) is 9.82. The van der Waals surface area contributed by atoms with Crippen molar-refractivity contribution in [1.82, 2.24) is 9.55 Å². The number of imidazole rings is 1. The molecule has 1 aromatic heterocycles. The fourth-order valence-electron chi connectivity index (χ4n) is 1.63. The molecule has 0 aromatic carbocycles. The third-order valence-electron chi connectivity index (χ3n) is 2.45. The first-order valence-electron chi connectivity index (χ1n) is 4.59. The molecule has 4 heteroatoms. The molecule has 1 unspecified atom stereocenters. The van der Waals surface area contributed by atoms with Crippen LogP contribution in [-0.2, 0) is 4.74 Å². The Balaban J connectivity index is 2.18. The second kappa shape index (κ2) is 3.96. The second-order valence-electron chi connectivity index (χ2n) is 3.35. The second-order valence-corrected chi connectivity index (χ2v) is 4.37. The predicted octanol–water partition coefficient (Wildman–Crippen LogP) is 2.50. The topological polar surface area (TPSA) is 27.1 Å². The predicted molar refractivity (Wildman–Crippen MR) is 58.5 cm³/mol. The molecule has 3 nitrogen and oxygen atoms in total. The molecule has 2 heterocycles. The van der Waals surface area contributed by atoms with E-state index in [0.717, 1.165) is 16.7 Å². The Hall–Kier alpha value is -0.100. The van der Waals surface area contributed by atoms with Crippen molar-refractivity contribution in [2.24, 2.45) is 0 Å². The molecule has 72 valence electrons. The van der Waals surface area contributed by atoms with Gasteiger partial charge >= 0.3 is 0 Å². The van der Waals surface area contributed by atoms with E-state index in [2.05, 4.69) is 39.1 Å². The molecule has 0 aliphatic carbocycles. The van der Waals surface area contributed by atoms with E-state index < -0.39 is 0 Å². The van der Waals surface area contributed by atoms with Gasteiger partial charge in [-0.1, -0.05) is 0 Å². The van der Waals surface area contributed by atoms with Gasteiger partial charge in [-0.25, -0.2) is 4.98 Å². The van der Waals surface area contributed by atoms with E-state index in [1.165, 1.54) is 18.5 Å². The quantitative estimate of drug-likeness (QED) is 0.744. The molecule has 1 aliphatic rings. The summed E-state index contributed by atoms with van der Waals surface area (Å²) in [6, 6.07) is 0. The van der Waals surface area contributed by atoms with E-state index in [4.69, 9.17) is 4.74 Å². The summed E-state index contributed by atoms with van der Waals surface area (Å²) >= 11 is 2.25. The summed E-state index contributed by atoms with van der Waals surface area (Å²) < 4.78 is 8.89. The van der Waals surface area contributed by atoms with E-state index in [1.807, 2.05) is 6.33 Å². The van der Waals surface area contributed by atoms with Crippen LogP contribution < -0.4 is 0 Å². The third kappa shape index (κ3) is 1.88.